The van der Waals surface area contributed by atoms with E-state index in [9.17, 15) is 8.42 Å². The molecule has 1 fully saturated rings. The summed E-state index contributed by atoms with van der Waals surface area (Å²) >= 11 is 0. The van der Waals surface area contributed by atoms with Crippen molar-refractivity contribution in [2.75, 3.05) is 19.3 Å². The van der Waals surface area contributed by atoms with Crippen LogP contribution in [0.25, 0.3) is 0 Å². The molecule has 5 nitrogen and oxygen atoms in total. The Labute approximate surface area is 126 Å². The molecule has 0 bridgehead atoms. The van der Waals surface area contributed by atoms with Crippen molar-refractivity contribution >= 4 is 10.0 Å². The Balaban J connectivity index is 1.91. The Kier molecular flexibility index (Phi) is 4.99. The van der Waals surface area contributed by atoms with Gasteiger partial charge in [0.1, 0.15) is 0 Å². The predicted molar refractivity (Wildman–Crippen MR) is 82.0 cm³/mol. The number of nitrogens with zero attached hydrogens (tertiary/aromatic N) is 2. The molecule has 2 unspecified atom stereocenters. The summed E-state index contributed by atoms with van der Waals surface area (Å²) in [5.41, 5.74) is 1.74. The van der Waals surface area contributed by atoms with Gasteiger partial charge in [-0.2, -0.15) is 5.26 Å². The van der Waals surface area contributed by atoms with Crippen molar-refractivity contribution in [2.24, 2.45) is 5.92 Å². The summed E-state index contributed by atoms with van der Waals surface area (Å²) in [6.07, 6.45) is 2.08. The van der Waals surface area contributed by atoms with Crippen LogP contribution in [0.1, 0.15) is 24.5 Å². The number of rotatable bonds is 4. The molecule has 2 atom stereocenters. The van der Waals surface area contributed by atoms with Crippen LogP contribution >= 0.6 is 0 Å². The monoisotopic (exact) mass is 307 g/mol. The minimum atomic E-state index is -3.09. The molecule has 0 spiro atoms. The summed E-state index contributed by atoms with van der Waals surface area (Å²) in [6, 6.07) is 9.97. The van der Waals surface area contributed by atoms with Crippen LogP contribution in [0.2, 0.25) is 0 Å². The van der Waals surface area contributed by atoms with E-state index in [1.165, 1.54) is 6.26 Å². The Bertz CT molecular complexity index is 637. The topological polar surface area (TPSA) is 73.2 Å². The van der Waals surface area contributed by atoms with Gasteiger partial charge in [-0.25, -0.2) is 12.7 Å². The second-order valence-electron chi connectivity index (χ2n) is 5.69. The van der Waals surface area contributed by atoms with Crippen molar-refractivity contribution in [1.82, 2.24) is 9.62 Å². The van der Waals surface area contributed by atoms with Crippen LogP contribution in [-0.4, -0.2) is 38.1 Å². The van der Waals surface area contributed by atoms with Crippen LogP contribution in [0.15, 0.2) is 24.3 Å². The summed E-state index contributed by atoms with van der Waals surface area (Å²) in [6.45, 7) is 3.90. The fraction of sp³-hybridized carbons (Fsp3) is 0.533. The third-order valence-corrected chi connectivity index (χ3v) is 5.23. The SMILES string of the molecule is CC1CN(S(C)(=O)=O)CCC1NCc1cccc(C#N)c1. The normalized spacial score (nSPS) is 23.7. The number of nitrogens with one attached hydrogen (secondary N) is 1. The van der Waals surface area contributed by atoms with Crippen LogP contribution in [0.3, 0.4) is 0 Å². The fourth-order valence-electron chi connectivity index (χ4n) is 2.71. The molecular weight excluding hydrogens is 286 g/mol. The van der Waals surface area contributed by atoms with Crippen molar-refractivity contribution in [3.63, 3.8) is 0 Å². The molecule has 0 saturated carbocycles. The third kappa shape index (κ3) is 4.27. The highest BCUT2D eigenvalue weighted by molar-refractivity contribution is 7.88. The molecule has 1 aliphatic heterocycles. The largest absolute Gasteiger partial charge is 0.310 e. The molecule has 21 heavy (non-hydrogen) atoms. The summed E-state index contributed by atoms with van der Waals surface area (Å²) in [7, 11) is -3.09. The average molecular weight is 307 g/mol. The lowest BCUT2D eigenvalue weighted by Gasteiger charge is -2.36. The molecule has 2 rings (SSSR count). The second kappa shape index (κ2) is 6.56. The van der Waals surface area contributed by atoms with Crippen LogP contribution in [0.5, 0.6) is 0 Å². The van der Waals surface area contributed by atoms with Gasteiger partial charge in [0, 0.05) is 25.7 Å². The molecule has 1 aromatic rings. The van der Waals surface area contributed by atoms with E-state index in [0.717, 1.165) is 12.0 Å². The van der Waals surface area contributed by atoms with Gasteiger partial charge in [0.05, 0.1) is 17.9 Å². The van der Waals surface area contributed by atoms with E-state index in [2.05, 4.69) is 18.3 Å². The summed E-state index contributed by atoms with van der Waals surface area (Å²) < 4.78 is 24.7. The van der Waals surface area contributed by atoms with Crippen molar-refractivity contribution in [3.05, 3.63) is 35.4 Å². The highest BCUT2D eigenvalue weighted by Gasteiger charge is 2.29. The zero-order valence-corrected chi connectivity index (χ0v) is 13.2. The van der Waals surface area contributed by atoms with E-state index >= 15 is 0 Å². The van der Waals surface area contributed by atoms with Crippen LogP contribution < -0.4 is 5.32 Å². The second-order valence-corrected chi connectivity index (χ2v) is 7.67. The van der Waals surface area contributed by atoms with Gasteiger partial charge in [-0.05, 0) is 30.0 Å². The van der Waals surface area contributed by atoms with Crippen molar-refractivity contribution < 1.29 is 8.42 Å². The van der Waals surface area contributed by atoms with Crippen LogP contribution in [0.4, 0.5) is 0 Å². The molecule has 1 aromatic carbocycles. The lowest BCUT2D eigenvalue weighted by Crippen LogP contribution is -2.49. The predicted octanol–water partition coefficient (Wildman–Crippen LogP) is 1.32. The summed E-state index contributed by atoms with van der Waals surface area (Å²) in [5.74, 6) is 0.271. The van der Waals surface area contributed by atoms with Crippen LogP contribution in [0, 0.1) is 17.2 Å². The lowest BCUT2D eigenvalue weighted by atomic mass is 9.95. The van der Waals surface area contributed by atoms with E-state index in [0.29, 0.717) is 31.2 Å². The number of sulfonamides is 1. The first-order valence-corrected chi connectivity index (χ1v) is 8.92. The molecule has 6 heteroatoms. The quantitative estimate of drug-likeness (QED) is 0.910. The Morgan fingerprint density at radius 3 is 2.86 bits per heavy atom. The minimum Gasteiger partial charge on any atom is -0.310 e. The lowest BCUT2D eigenvalue weighted by molar-refractivity contribution is 0.220. The number of hydrogen-bond donors (Lipinski definition) is 1. The first kappa shape index (κ1) is 16.0. The Morgan fingerprint density at radius 1 is 1.48 bits per heavy atom. The van der Waals surface area contributed by atoms with Gasteiger partial charge in [-0.3, -0.25) is 0 Å². The van der Waals surface area contributed by atoms with Gasteiger partial charge in [0.25, 0.3) is 0 Å². The van der Waals surface area contributed by atoms with Gasteiger partial charge in [-0.15, -0.1) is 0 Å². The summed E-state index contributed by atoms with van der Waals surface area (Å²) in [5, 5.41) is 12.4. The number of benzene rings is 1. The third-order valence-electron chi connectivity index (χ3n) is 3.96. The molecule has 0 amide bonds. The molecule has 1 saturated heterocycles. The number of piperidine rings is 1. The smallest absolute Gasteiger partial charge is 0.211 e. The van der Waals surface area contributed by atoms with Crippen molar-refractivity contribution in [1.29, 1.82) is 5.26 Å². The Hall–Kier alpha value is -1.42. The minimum absolute atomic E-state index is 0.271. The highest BCUT2D eigenvalue weighted by Crippen LogP contribution is 2.19. The maximum atomic E-state index is 11.6. The van der Waals surface area contributed by atoms with Crippen molar-refractivity contribution in [2.45, 2.75) is 25.9 Å². The zero-order valence-electron chi connectivity index (χ0n) is 12.4. The van der Waals surface area contributed by atoms with Gasteiger partial charge in [0.15, 0.2) is 0 Å². The molecule has 1 N–H and O–H groups in total. The van der Waals surface area contributed by atoms with Gasteiger partial charge >= 0.3 is 0 Å². The highest BCUT2D eigenvalue weighted by atomic mass is 32.2. The van der Waals surface area contributed by atoms with Crippen molar-refractivity contribution in [3.8, 4) is 6.07 Å². The molecule has 1 aliphatic rings. The van der Waals surface area contributed by atoms with E-state index in [1.807, 2.05) is 18.2 Å². The molecular formula is C15H21N3O2S. The maximum absolute atomic E-state index is 11.6. The number of hydrogen-bond acceptors (Lipinski definition) is 4. The average Bonchev–Trinajstić information content (AvgIpc) is 2.45. The molecule has 114 valence electrons. The Morgan fingerprint density at radius 2 is 2.24 bits per heavy atom. The molecule has 0 aliphatic carbocycles. The first-order valence-electron chi connectivity index (χ1n) is 7.07. The standard InChI is InChI=1S/C15H21N3O2S/c1-12-11-18(21(2,19)20)7-6-15(12)17-10-14-5-3-4-13(8-14)9-16/h3-5,8,12,15,17H,6-7,10-11H2,1-2H3. The number of nitriles is 1. The van der Waals surface area contributed by atoms with E-state index in [4.69, 9.17) is 5.26 Å². The van der Waals surface area contributed by atoms with E-state index < -0.39 is 10.0 Å². The van der Waals surface area contributed by atoms with Gasteiger partial charge in [0.2, 0.25) is 10.0 Å². The maximum Gasteiger partial charge on any atom is 0.211 e. The zero-order chi connectivity index (χ0) is 15.5. The van der Waals surface area contributed by atoms with Gasteiger partial charge < -0.3 is 5.32 Å². The molecule has 0 aromatic heterocycles. The first-order chi connectivity index (χ1) is 9.90. The van der Waals surface area contributed by atoms with Crippen LogP contribution in [-0.2, 0) is 16.6 Å². The molecule has 0 radical (unpaired) electrons. The van der Waals surface area contributed by atoms with E-state index in [1.54, 1.807) is 10.4 Å². The van der Waals surface area contributed by atoms with Gasteiger partial charge in [-0.1, -0.05) is 19.1 Å². The van der Waals surface area contributed by atoms with E-state index in [-0.39, 0.29) is 5.92 Å². The fourth-order valence-corrected chi connectivity index (χ4v) is 3.65. The summed E-state index contributed by atoms with van der Waals surface area (Å²) in [4.78, 5) is 0. The molecule has 1 heterocycles.